The number of rotatable bonds is 7. The first-order chi connectivity index (χ1) is 12.5. The molecule has 136 valence electrons. The number of ether oxygens (including phenoxy) is 1. The first-order valence-corrected chi connectivity index (χ1v) is 8.92. The molecule has 0 N–H and O–H groups in total. The van der Waals surface area contributed by atoms with Crippen LogP contribution in [0.5, 0.6) is 5.88 Å². The van der Waals surface area contributed by atoms with E-state index in [1.54, 1.807) is 19.5 Å². The number of fused-ring (bicyclic) bond motifs is 1. The van der Waals surface area contributed by atoms with Crippen LogP contribution in [0.25, 0.3) is 11.0 Å². The van der Waals surface area contributed by atoms with Crippen LogP contribution < -0.4 is 4.74 Å². The van der Waals surface area contributed by atoms with Crippen LogP contribution in [0, 0.1) is 6.92 Å². The molecule has 0 spiro atoms. The molecule has 3 rings (SSSR count). The molecule has 0 aliphatic rings. The number of aromatic nitrogens is 4. The molecule has 8 heteroatoms. The highest BCUT2D eigenvalue weighted by Crippen LogP contribution is 2.26. The molecule has 3 aromatic rings. The third-order valence-electron chi connectivity index (χ3n) is 4.18. The van der Waals surface area contributed by atoms with Crippen molar-refractivity contribution in [2.24, 2.45) is 0 Å². The fourth-order valence-electron chi connectivity index (χ4n) is 2.83. The van der Waals surface area contributed by atoms with Crippen molar-refractivity contribution in [3.05, 3.63) is 46.1 Å². The van der Waals surface area contributed by atoms with Gasteiger partial charge < -0.3 is 9.30 Å². The summed E-state index contributed by atoms with van der Waals surface area (Å²) in [4.78, 5) is 25.3. The standard InChI is InChI=1S/C18H18BrFN4O2/c1-11-14(22-10-23-18(11)26-2)9-24-8-13(16(25)4-3-5-20)17-15(24)6-12(19)7-21-17/h6-8,10H,3-5,9H2,1-2H3. The second-order valence-corrected chi connectivity index (χ2v) is 6.78. The van der Waals surface area contributed by atoms with Gasteiger partial charge in [-0.25, -0.2) is 9.97 Å². The van der Waals surface area contributed by atoms with Gasteiger partial charge >= 0.3 is 0 Å². The molecule has 3 heterocycles. The Morgan fingerprint density at radius 1 is 1.35 bits per heavy atom. The number of nitrogens with zero attached hydrogens (tertiary/aromatic N) is 4. The molecule has 26 heavy (non-hydrogen) atoms. The molecule has 0 aliphatic heterocycles. The summed E-state index contributed by atoms with van der Waals surface area (Å²) >= 11 is 3.42. The number of hydrogen-bond donors (Lipinski definition) is 0. The predicted molar refractivity (Wildman–Crippen MR) is 99.4 cm³/mol. The first kappa shape index (κ1) is 18.4. The molecule has 0 radical (unpaired) electrons. The molecule has 0 atom stereocenters. The molecule has 0 amide bonds. The van der Waals surface area contributed by atoms with E-state index in [9.17, 15) is 9.18 Å². The number of methoxy groups -OCH3 is 1. The fraction of sp³-hybridized carbons (Fsp3) is 0.333. The maximum absolute atomic E-state index is 12.5. The molecular weight excluding hydrogens is 403 g/mol. The van der Waals surface area contributed by atoms with Crippen molar-refractivity contribution in [3.8, 4) is 5.88 Å². The molecule has 0 saturated heterocycles. The largest absolute Gasteiger partial charge is 0.481 e. The van der Waals surface area contributed by atoms with Crippen LogP contribution >= 0.6 is 15.9 Å². The Morgan fingerprint density at radius 3 is 2.88 bits per heavy atom. The highest BCUT2D eigenvalue weighted by molar-refractivity contribution is 9.10. The minimum Gasteiger partial charge on any atom is -0.481 e. The third kappa shape index (κ3) is 3.60. The lowest BCUT2D eigenvalue weighted by molar-refractivity contribution is 0.0978. The SMILES string of the molecule is COc1ncnc(Cn2cc(C(=O)CCCF)c3ncc(Br)cc32)c1C. The molecule has 0 aromatic carbocycles. The lowest BCUT2D eigenvalue weighted by Gasteiger charge is -2.10. The van der Waals surface area contributed by atoms with E-state index in [-0.39, 0.29) is 18.6 Å². The van der Waals surface area contributed by atoms with Gasteiger partial charge in [-0.15, -0.1) is 0 Å². The average Bonchev–Trinajstić information content (AvgIpc) is 2.99. The minimum absolute atomic E-state index is 0.113. The van der Waals surface area contributed by atoms with Gasteiger partial charge in [-0.1, -0.05) is 0 Å². The van der Waals surface area contributed by atoms with Crippen LogP contribution in [0.4, 0.5) is 4.39 Å². The number of halogens is 2. The quantitative estimate of drug-likeness (QED) is 0.542. The van der Waals surface area contributed by atoms with Gasteiger partial charge in [-0.3, -0.25) is 14.2 Å². The Balaban J connectivity index is 2.06. The lowest BCUT2D eigenvalue weighted by atomic mass is 10.1. The highest BCUT2D eigenvalue weighted by Gasteiger charge is 2.18. The fourth-order valence-corrected chi connectivity index (χ4v) is 3.15. The Hall–Kier alpha value is -2.35. The topological polar surface area (TPSA) is 69.9 Å². The molecule has 0 saturated carbocycles. The van der Waals surface area contributed by atoms with Crippen molar-refractivity contribution in [2.45, 2.75) is 26.3 Å². The highest BCUT2D eigenvalue weighted by atomic mass is 79.9. The molecule has 0 fully saturated rings. The van der Waals surface area contributed by atoms with E-state index in [1.165, 1.54) is 6.33 Å². The second-order valence-electron chi connectivity index (χ2n) is 5.86. The van der Waals surface area contributed by atoms with Crippen molar-refractivity contribution in [1.29, 1.82) is 0 Å². The Labute approximate surface area is 158 Å². The van der Waals surface area contributed by atoms with Crippen LogP contribution in [0.3, 0.4) is 0 Å². The van der Waals surface area contributed by atoms with Crippen molar-refractivity contribution in [1.82, 2.24) is 19.5 Å². The van der Waals surface area contributed by atoms with Crippen molar-refractivity contribution in [3.63, 3.8) is 0 Å². The van der Waals surface area contributed by atoms with Crippen LogP contribution in [-0.2, 0) is 6.54 Å². The van der Waals surface area contributed by atoms with E-state index in [1.807, 2.05) is 17.6 Å². The maximum Gasteiger partial charge on any atom is 0.219 e. The number of carbonyl (C=O) groups excluding carboxylic acids is 1. The van der Waals surface area contributed by atoms with Crippen LogP contribution in [0.15, 0.2) is 29.3 Å². The number of hydrogen-bond acceptors (Lipinski definition) is 5. The first-order valence-electron chi connectivity index (χ1n) is 8.13. The van der Waals surface area contributed by atoms with Gasteiger partial charge in [0.2, 0.25) is 5.88 Å². The molecule has 0 unspecified atom stereocenters. The Kier molecular flexibility index (Phi) is 5.61. The number of pyridine rings is 1. The van der Waals surface area contributed by atoms with E-state index < -0.39 is 6.67 Å². The van der Waals surface area contributed by atoms with Crippen molar-refractivity contribution in [2.75, 3.05) is 13.8 Å². The monoisotopic (exact) mass is 420 g/mol. The Bertz CT molecular complexity index is 958. The van der Waals surface area contributed by atoms with Crippen LogP contribution in [0.2, 0.25) is 0 Å². The zero-order chi connectivity index (χ0) is 18.7. The van der Waals surface area contributed by atoms with Crippen LogP contribution in [-0.4, -0.2) is 39.1 Å². The Morgan fingerprint density at radius 2 is 2.15 bits per heavy atom. The molecular formula is C18H18BrFN4O2. The average molecular weight is 421 g/mol. The summed E-state index contributed by atoms with van der Waals surface area (Å²) in [5.74, 6) is 0.406. The van der Waals surface area contributed by atoms with Gasteiger partial charge in [0, 0.05) is 28.9 Å². The predicted octanol–water partition coefficient (Wildman–Crippen LogP) is 3.89. The zero-order valence-corrected chi connectivity index (χ0v) is 16.1. The maximum atomic E-state index is 12.5. The summed E-state index contributed by atoms with van der Waals surface area (Å²) in [6.45, 7) is 1.82. The van der Waals surface area contributed by atoms with Gasteiger partial charge in [-0.05, 0) is 35.3 Å². The lowest BCUT2D eigenvalue weighted by Crippen LogP contribution is -2.05. The smallest absolute Gasteiger partial charge is 0.219 e. The third-order valence-corrected chi connectivity index (χ3v) is 4.61. The zero-order valence-electron chi connectivity index (χ0n) is 14.5. The minimum atomic E-state index is -0.511. The number of alkyl halides is 1. The molecule has 6 nitrogen and oxygen atoms in total. The van der Waals surface area contributed by atoms with Gasteiger partial charge in [0.25, 0.3) is 0 Å². The normalized spacial score (nSPS) is 11.1. The number of ketones is 1. The van der Waals surface area contributed by atoms with Crippen LogP contribution in [0.1, 0.15) is 34.5 Å². The van der Waals surface area contributed by atoms with E-state index in [2.05, 4.69) is 30.9 Å². The second kappa shape index (κ2) is 7.90. The van der Waals surface area contributed by atoms with Gasteiger partial charge in [0.05, 0.1) is 42.6 Å². The number of carbonyl (C=O) groups is 1. The molecule has 3 aromatic heterocycles. The summed E-state index contributed by atoms with van der Waals surface area (Å²) in [5.41, 5.74) is 3.54. The number of Topliss-reactive ketones (excluding diaryl/α,β-unsaturated/α-hetero) is 1. The summed E-state index contributed by atoms with van der Waals surface area (Å²) in [7, 11) is 1.56. The van der Waals surface area contributed by atoms with Crippen molar-refractivity contribution >= 4 is 32.7 Å². The molecule has 0 bridgehead atoms. The summed E-state index contributed by atoms with van der Waals surface area (Å²) in [6.07, 6.45) is 5.24. The van der Waals surface area contributed by atoms with E-state index in [0.717, 1.165) is 21.2 Å². The summed E-state index contributed by atoms with van der Waals surface area (Å²) < 4.78 is 20.4. The van der Waals surface area contributed by atoms with Gasteiger partial charge in [0.1, 0.15) is 6.33 Å². The van der Waals surface area contributed by atoms with E-state index in [4.69, 9.17) is 4.74 Å². The van der Waals surface area contributed by atoms with Crippen molar-refractivity contribution < 1.29 is 13.9 Å². The summed E-state index contributed by atoms with van der Waals surface area (Å²) in [6, 6.07) is 1.90. The molecule has 0 aliphatic carbocycles. The van der Waals surface area contributed by atoms with Gasteiger partial charge in [0.15, 0.2) is 5.78 Å². The summed E-state index contributed by atoms with van der Waals surface area (Å²) in [5, 5.41) is 0. The van der Waals surface area contributed by atoms with E-state index in [0.29, 0.717) is 23.5 Å². The van der Waals surface area contributed by atoms with E-state index >= 15 is 0 Å². The van der Waals surface area contributed by atoms with Gasteiger partial charge in [-0.2, -0.15) is 0 Å².